The summed E-state index contributed by atoms with van der Waals surface area (Å²) in [4.78, 5) is 13.7. The van der Waals surface area contributed by atoms with E-state index in [4.69, 9.17) is 23.7 Å². The normalized spacial score (nSPS) is 30.5. The minimum absolute atomic E-state index is 0.135. The fraction of sp³-hybridized carbons (Fsp3) is 0.640. The molecule has 2 saturated heterocycles. The molecule has 2 aliphatic heterocycles. The minimum atomic E-state index is -4.48. The van der Waals surface area contributed by atoms with Gasteiger partial charge in [0.2, 0.25) is 0 Å². The summed E-state index contributed by atoms with van der Waals surface area (Å²) < 4.78 is 69.5. The second kappa shape index (κ2) is 10.8. The van der Waals surface area contributed by atoms with Crippen molar-refractivity contribution in [2.75, 3.05) is 32.9 Å². The Morgan fingerprint density at radius 1 is 1.25 bits per heavy atom. The molecule has 1 saturated carbocycles. The van der Waals surface area contributed by atoms with Crippen LogP contribution < -0.4 is 5.43 Å². The number of carbonyl (C=O) groups is 1. The molecule has 1 aromatic rings. The summed E-state index contributed by atoms with van der Waals surface area (Å²) in [5, 5.41) is 1.75. The summed E-state index contributed by atoms with van der Waals surface area (Å²) in [5.74, 6) is -1.29. The smallest absolute Gasteiger partial charge is 0.379 e. The highest BCUT2D eigenvalue weighted by molar-refractivity contribution is 5.85. The van der Waals surface area contributed by atoms with E-state index in [2.05, 4.69) is 12.0 Å². The van der Waals surface area contributed by atoms with Gasteiger partial charge in [-0.1, -0.05) is 18.2 Å². The third-order valence-corrected chi connectivity index (χ3v) is 6.53. The van der Waals surface area contributed by atoms with Gasteiger partial charge < -0.3 is 23.7 Å². The SMILES string of the molecule is C=CCO[C@@H]1C[C@](OCc2cccc(C(F)(F)F)c2)(C(=O)NN2CCOCC2)C[C@H]2OC(C)(C)O[C@@H]12. The van der Waals surface area contributed by atoms with Crippen molar-refractivity contribution in [3.05, 3.63) is 48.0 Å². The monoisotopic (exact) mass is 514 g/mol. The van der Waals surface area contributed by atoms with Crippen molar-refractivity contribution in [1.82, 2.24) is 10.4 Å². The second-order valence-corrected chi connectivity index (χ2v) is 9.73. The van der Waals surface area contributed by atoms with E-state index in [1.165, 1.54) is 6.07 Å². The molecule has 36 heavy (non-hydrogen) atoms. The molecule has 1 aromatic carbocycles. The standard InChI is InChI=1S/C25H33F3N2O6/c1-4-10-33-19-14-24(15-20-21(19)36-23(2,3)35-20,22(31)29-30-8-11-32-12-9-30)34-16-17-6-5-7-18(13-17)25(26,27)28/h4-7,13,19-21H,1,8-12,14-16H2,2-3H3,(H,29,31)/t19-,20-,21+,24-/m1/s1. The molecule has 3 fully saturated rings. The molecule has 8 nitrogen and oxygen atoms in total. The van der Waals surface area contributed by atoms with Gasteiger partial charge in [0.1, 0.15) is 6.10 Å². The maximum atomic E-state index is 13.7. The molecule has 0 spiro atoms. The number of hydrazine groups is 1. The lowest BCUT2D eigenvalue weighted by Gasteiger charge is -2.44. The third-order valence-electron chi connectivity index (χ3n) is 6.53. The first-order chi connectivity index (χ1) is 17.0. The molecule has 1 aliphatic carbocycles. The highest BCUT2D eigenvalue weighted by Gasteiger charge is 2.58. The number of amides is 1. The molecular weight excluding hydrogens is 481 g/mol. The molecule has 11 heteroatoms. The Morgan fingerprint density at radius 2 is 2.00 bits per heavy atom. The molecule has 1 N–H and O–H groups in total. The van der Waals surface area contributed by atoms with Crippen molar-refractivity contribution in [2.45, 2.75) is 69.2 Å². The van der Waals surface area contributed by atoms with Crippen molar-refractivity contribution < 1.29 is 41.7 Å². The number of nitrogens with one attached hydrogen (secondary N) is 1. The van der Waals surface area contributed by atoms with Crippen LogP contribution in [0.3, 0.4) is 0 Å². The Kier molecular flexibility index (Phi) is 8.08. The number of halogens is 3. The van der Waals surface area contributed by atoms with Crippen molar-refractivity contribution >= 4 is 5.91 Å². The topological polar surface area (TPSA) is 78.5 Å². The van der Waals surface area contributed by atoms with Crippen LogP contribution >= 0.6 is 0 Å². The zero-order valence-corrected chi connectivity index (χ0v) is 20.5. The number of hydrogen-bond acceptors (Lipinski definition) is 7. The summed E-state index contributed by atoms with van der Waals surface area (Å²) in [6, 6.07) is 4.90. The van der Waals surface area contributed by atoms with Crippen LogP contribution in [-0.4, -0.2) is 73.5 Å². The molecule has 4 rings (SSSR count). The van der Waals surface area contributed by atoms with E-state index in [0.717, 1.165) is 12.1 Å². The predicted molar refractivity (Wildman–Crippen MR) is 122 cm³/mol. The Labute approximate surface area is 208 Å². The molecule has 0 radical (unpaired) electrons. The quantitative estimate of drug-likeness (QED) is 0.534. The summed E-state index contributed by atoms with van der Waals surface area (Å²) in [5.41, 5.74) is 1.02. The highest BCUT2D eigenvalue weighted by atomic mass is 19.4. The van der Waals surface area contributed by atoms with Gasteiger partial charge in [-0.2, -0.15) is 13.2 Å². The van der Waals surface area contributed by atoms with E-state index in [1.54, 1.807) is 31.0 Å². The fourth-order valence-corrected chi connectivity index (χ4v) is 4.88. The third kappa shape index (κ3) is 6.27. The number of ether oxygens (including phenoxy) is 5. The molecular formula is C25H33F3N2O6. The molecule has 3 aliphatic rings. The number of carbonyl (C=O) groups excluding carboxylic acids is 1. The highest BCUT2D eigenvalue weighted by Crippen LogP contribution is 2.44. The number of hydrogen-bond donors (Lipinski definition) is 1. The van der Waals surface area contributed by atoms with Crippen molar-refractivity contribution in [2.24, 2.45) is 0 Å². The molecule has 0 unspecified atom stereocenters. The number of morpholine rings is 1. The van der Waals surface area contributed by atoms with Gasteiger partial charge in [0.15, 0.2) is 11.4 Å². The van der Waals surface area contributed by atoms with Crippen LogP contribution in [0, 0.1) is 0 Å². The first-order valence-corrected chi connectivity index (χ1v) is 12.0. The number of nitrogens with zero attached hydrogens (tertiary/aromatic N) is 1. The molecule has 1 amide bonds. The van der Waals surface area contributed by atoms with Crippen LogP contribution in [0.15, 0.2) is 36.9 Å². The van der Waals surface area contributed by atoms with Gasteiger partial charge in [0, 0.05) is 25.9 Å². The van der Waals surface area contributed by atoms with Crippen LogP contribution in [0.25, 0.3) is 0 Å². The number of fused-ring (bicyclic) bond motifs is 1. The predicted octanol–water partition coefficient (Wildman–Crippen LogP) is 3.21. The Balaban J connectivity index is 1.61. The lowest BCUT2D eigenvalue weighted by molar-refractivity contribution is -0.185. The largest absolute Gasteiger partial charge is 0.416 e. The van der Waals surface area contributed by atoms with Gasteiger partial charge in [0.25, 0.3) is 5.91 Å². The van der Waals surface area contributed by atoms with E-state index in [0.29, 0.717) is 31.9 Å². The van der Waals surface area contributed by atoms with E-state index >= 15 is 0 Å². The van der Waals surface area contributed by atoms with Gasteiger partial charge >= 0.3 is 6.18 Å². The van der Waals surface area contributed by atoms with Gasteiger partial charge in [-0.3, -0.25) is 10.2 Å². The Hall–Kier alpha value is -2.02. The maximum absolute atomic E-state index is 13.7. The lowest BCUT2D eigenvalue weighted by atomic mass is 9.78. The molecule has 4 atom stereocenters. The average molecular weight is 515 g/mol. The number of alkyl halides is 3. The summed E-state index contributed by atoms with van der Waals surface area (Å²) in [7, 11) is 0. The minimum Gasteiger partial charge on any atom is -0.379 e. The van der Waals surface area contributed by atoms with Crippen LogP contribution in [0.5, 0.6) is 0 Å². The Morgan fingerprint density at radius 3 is 2.69 bits per heavy atom. The second-order valence-electron chi connectivity index (χ2n) is 9.73. The summed E-state index contributed by atoms with van der Waals surface area (Å²) in [6.45, 7) is 9.25. The van der Waals surface area contributed by atoms with E-state index in [-0.39, 0.29) is 26.1 Å². The molecule has 0 bridgehead atoms. The van der Waals surface area contributed by atoms with Crippen LogP contribution in [0.1, 0.15) is 37.8 Å². The van der Waals surface area contributed by atoms with E-state index in [9.17, 15) is 18.0 Å². The van der Waals surface area contributed by atoms with Gasteiger partial charge in [-0.25, -0.2) is 5.01 Å². The maximum Gasteiger partial charge on any atom is 0.416 e. The van der Waals surface area contributed by atoms with Crippen LogP contribution in [0.2, 0.25) is 0 Å². The first-order valence-electron chi connectivity index (χ1n) is 12.0. The van der Waals surface area contributed by atoms with Gasteiger partial charge in [-0.15, -0.1) is 6.58 Å². The van der Waals surface area contributed by atoms with Gasteiger partial charge in [0.05, 0.1) is 44.2 Å². The van der Waals surface area contributed by atoms with E-state index < -0.39 is 47.3 Å². The summed E-state index contributed by atoms with van der Waals surface area (Å²) in [6.07, 6.45) is -4.09. The van der Waals surface area contributed by atoms with Crippen molar-refractivity contribution in [3.8, 4) is 0 Å². The molecule has 0 aromatic heterocycles. The van der Waals surface area contributed by atoms with Crippen LogP contribution in [-0.2, 0) is 41.3 Å². The lowest BCUT2D eigenvalue weighted by Crippen LogP contribution is -2.63. The number of rotatable bonds is 8. The zero-order valence-electron chi connectivity index (χ0n) is 20.5. The number of benzene rings is 1. The first kappa shape index (κ1) is 27.0. The van der Waals surface area contributed by atoms with Crippen LogP contribution in [0.4, 0.5) is 13.2 Å². The molecule has 2 heterocycles. The molecule has 200 valence electrons. The fourth-order valence-electron chi connectivity index (χ4n) is 4.88. The van der Waals surface area contributed by atoms with Crippen molar-refractivity contribution in [1.29, 1.82) is 0 Å². The summed E-state index contributed by atoms with van der Waals surface area (Å²) >= 11 is 0. The average Bonchev–Trinajstić information content (AvgIpc) is 3.15. The van der Waals surface area contributed by atoms with E-state index in [1.807, 2.05) is 0 Å². The zero-order chi connectivity index (χ0) is 26.0. The van der Waals surface area contributed by atoms with Crippen molar-refractivity contribution in [3.63, 3.8) is 0 Å². The Bertz CT molecular complexity index is 937. The van der Waals surface area contributed by atoms with Gasteiger partial charge in [-0.05, 0) is 31.5 Å².